The number of carbonyl (C=O) groups is 4. The van der Waals surface area contributed by atoms with Crippen LogP contribution in [0.2, 0.25) is 0 Å². The summed E-state index contributed by atoms with van der Waals surface area (Å²) < 4.78 is 0. The van der Waals surface area contributed by atoms with Gasteiger partial charge in [-0.15, -0.1) is 0 Å². The van der Waals surface area contributed by atoms with E-state index < -0.39 is 17.3 Å². The Morgan fingerprint density at radius 2 is 1.54 bits per heavy atom. The van der Waals surface area contributed by atoms with Crippen molar-refractivity contribution in [2.24, 2.45) is 5.41 Å². The highest BCUT2D eigenvalue weighted by molar-refractivity contribution is 6.11. The van der Waals surface area contributed by atoms with Crippen LogP contribution in [-0.4, -0.2) is 50.8 Å². The molecule has 2 aromatic rings. The van der Waals surface area contributed by atoms with Crippen molar-refractivity contribution in [2.45, 2.75) is 52.0 Å². The van der Waals surface area contributed by atoms with Crippen LogP contribution in [0.1, 0.15) is 71.7 Å². The Morgan fingerprint density at radius 1 is 0.943 bits per heavy atom. The molecule has 1 aliphatic heterocycles. The maximum absolute atomic E-state index is 13.3. The zero-order chi connectivity index (χ0) is 24.3. The molecule has 3 amide bonds. The van der Waals surface area contributed by atoms with Crippen molar-refractivity contribution < 1.29 is 29.8 Å². The van der Waals surface area contributed by atoms with E-state index in [0.717, 1.165) is 31.2 Å². The van der Waals surface area contributed by atoms with E-state index in [0.29, 0.717) is 25.1 Å². The molecule has 0 bridgehead atoms. The van der Waals surface area contributed by atoms with Crippen LogP contribution in [0.25, 0.3) is 0 Å². The van der Waals surface area contributed by atoms with Gasteiger partial charge in [0.25, 0.3) is 17.7 Å². The third-order valence-electron chi connectivity index (χ3n) is 6.71. The van der Waals surface area contributed by atoms with Crippen LogP contribution in [0.4, 0.5) is 5.69 Å². The van der Waals surface area contributed by atoms with E-state index in [1.165, 1.54) is 12.1 Å². The molecular weight excluding hydrogens is 450 g/mol. The fourth-order valence-corrected chi connectivity index (χ4v) is 4.83. The van der Waals surface area contributed by atoms with Gasteiger partial charge in [-0.2, -0.15) is 0 Å². The largest absolute Gasteiger partial charge is 0.478 e. The zero-order valence-electron chi connectivity index (χ0n) is 19.8. The maximum Gasteiger partial charge on any atom is 0.336 e. The highest BCUT2D eigenvalue weighted by atomic mass is 16.4. The van der Waals surface area contributed by atoms with Crippen molar-refractivity contribution in [3.8, 4) is 0 Å². The first-order chi connectivity index (χ1) is 16.4. The number of anilines is 1. The van der Waals surface area contributed by atoms with Gasteiger partial charge in [0.2, 0.25) is 0 Å². The summed E-state index contributed by atoms with van der Waals surface area (Å²) in [6.07, 6.45) is 4.78. The topological polar surface area (TPSA) is 139 Å². The molecule has 1 spiro atoms. The molecule has 0 radical (unpaired) electrons. The van der Waals surface area contributed by atoms with E-state index in [1.54, 1.807) is 46.4 Å². The standard InChI is InChI=1S/C26H29N3O5.H2O/c1-2-3-16-28-24(33)26(14-6-7-15-26)25(34)29(28)17-18-10-12-19(13-11-18)27-22(30)20-8-4-5-9-21(20)23(31)32;/h4-5,8-13H,2-3,6-7,14-17H2,1H3,(H,27,30)(H,31,32);1H2. The van der Waals surface area contributed by atoms with Crippen molar-refractivity contribution >= 4 is 29.4 Å². The Labute approximate surface area is 204 Å². The number of hydrazine groups is 1. The van der Waals surface area contributed by atoms with Gasteiger partial charge >= 0.3 is 5.97 Å². The highest BCUT2D eigenvalue weighted by Crippen LogP contribution is 2.46. The molecule has 9 nitrogen and oxygen atoms in total. The van der Waals surface area contributed by atoms with Crippen LogP contribution in [0.5, 0.6) is 0 Å². The molecule has 1 heterocycles. The molecule has 1 saturated heterocycles. The van der Waals surface area contributed by atoms with Gasteiger partial charge in [-0.25, -0.2) is 9.80 Å². The maximum atomic E-state index is 13.3. The molecule has 2 aliphatic rings. The van der Waals surface area contributed by atoms with E-state index in [-0.39, 0.29) is 35.0 Å². The lowest BCUT2D eigenvalue weighted by Crippen LogP contribution is -2.40. The number of carboxylic acid groups (broad SMARTS) is 1. The number of amides is 3. The van der Waals surface area contributed by atoms with Gasteiger partial charge in [0.05, 0.1) is 17.7 Å². The van der Waals surface area contributed by atoms with E-state index >= 15 is 0 Å². The number of nitrogens with zero attached hydrogens (tertiary/aromatic N) is 2. The lowest BCUT2D eigenvalue weighted by atomic mass is 9.85. The number of unbranched alkanes of at least 4 members (excludes halogenated alkanes) is 1. The van der Waals surface area contributed by atoms with Crippen molar-refractivity contribution in [3.63, 3.8) is 0 Å². The number of hydrogen-bond acceptors (Lipinski definition) is 4. The molecule has 4 N–H and O–H groups in total. The number of nitrogens with one attached hydrogen (secondary N) is 1. The smallest absolute Gasteiger partial charge is 0.336 e. The summed E-state index contributed by atoms with van der Waals surface area (Å²) in [6, 6.07) is 13.0. The monoisotopic (exact) mass is 481 g/mol. The number of carboxylic acids is 1. The predicted octanol–water partition coefficient (Wildman–Crippen LogP) is 3.26. The average Bonchev–Trinajstić information content (AvgIpc) is 3.41. The first kappa shape index (κ1) is 25.9. The number of aromatic carboxylic acids is 1. The Hall–Kier alpha value is -3.72. The van der Waals surface area contributed by atoms with E-state index in [2.05, 4.69) is 12.2 Å². The number of benzene rings is 2. The van der Waals surface area contributed by atoms with Crippen molar-refractivity contribution in [1.82, 2.24) is 10.0 Å². The average molecular weight is 482 g/mol. The predicted molar refractivity (Wildman–Crippen MR) is 129 cm³/mol. The summed E-state index contributed by atoms with van der Waals surface area (Å²) in [5.41, 5.74) is 0.462. The van der Waals surface area contributed by atoms with Crippen LogP contribution in [0.3, 0.4) is 0 Å². The fraction of sp³-hybridized carbons (Fsp3) is 0.385. The number of rotatable bonds is 8. The summed E-state index contributed by atoms with van der Waals surface area (Å²) >= 11 is 0. The van der Waals surface area contributed by atoms with Gasteiger partial charge in [0.1, 0.15) is 5.41 Å². The van der Waals surface area contributed by atoms with Gasteiger partial charge in [-0.05, 0) is 49.1 Å². The molecule has 35 heavy (non-hydrogen) atoms. The minimum Gasteiger partial charge on any atom is -0.478 e. The Morgan fingerprint density at radius 3 is 2.14 bits per heavy atom. The van der Waals surface area contributed by atoms with E-state index in [9.17, 15) is 24.3 Å². The lowest BCUT2D eigenvalue weighted by molar-refractivity contribution is -0.148. The van der Waals surface area contributed by atoms with Gasteiger partial charge in [0.15, 0.2) is 0 Å². The van der Waals surface area contributed by atoms with Gasteiger partial charge < -0.3 is 15.9 Å². The molecule has 186 valence electrons. The normalized spacial score (nSPS) is 16.5. The Bertz CT molecular complexity index is 1110. The van der Waals surface area contributed by atoms with Gasteiger partial charge in [0, 0.05) is 12.2 Å². The molecule has 0 atom stereocenters. The molecule has 0 unspecified atom stereocenters. The molecule has 2 aromatic carbocycles. The first-order valence-electron chi connectivity index (χ1n) is 11.7. The second kappa shape index (κ2) is 10.7. The SMILES string of the molecule is CCCCN1C(=O)C2(CCCC2)C(=O)N1Cc1ccc(NC(=O)c2ccccc2C(=O)O)cc1.O. The second-order valence-electron chi connectivity index (χ2n) is 8.94. The fourth-order valence-electron chi connectivity index (χ4n) is 4.83. The van der Waals surface area contributed by atoms with Crippen molar-refractivity contribution in [2.75, 3.05) is 11.9 Å². The van der Waals surface area contributed by atoms with Crippen LogP contribution < -0.4 is 5.32 Å². The van der Waals surface area contributed by atoms with Gasteiger partial charge in [-0.3, -0.25) is 19.4 Å². The summed E-state index contributed by atoms with van der Waals surface area (Å²) in [7, 11) is 0. The highest BCUT2D eigenvalue weighted by Gasteiger charge is 2.58. The van der Waals surface area contributed by atoms with Crippen LogP contribution in [0.15, 0.2) is 48.5 Å². The van der Waals surface area contributed by atoms with E-state index in [4.69, 9.17) is 0 Å². The summed E-state index contributed by atoms with van der Waals surface area (Å²) in [5.74, 6) is -1.85. The minimum atomic E-state index is -1.17. The Balaban J connectivity index is 0.00000342. The van der Waals surface area contributed by atoms with Crippen LogP contribution in [0, 0.1) is 5.41 Å². The van der Waals surface area contributed by atoms with Crippen LogP contribution >= 0.6 is 0 Å². The molecule has 2 fully saturated rings. The minimum absolute atomic E-state index is 0. The summed E-state index contributed by atoms with van der Waals surface area (Å²) in [6.45, 7) is 2.87. The quantitative estimate of drug-likeness (QED) is 0.557. The third kappa shape index (κ3) is 4.90. The third-order valence-corrected chi connectivity index (χ3v) is 6.71. The molecule has 1 aliphatic carbocycles. The molecule has 0 aromatic heterocycles. The summed E-state index contributed by atoms with van der Waals surface area (Å²) in [5, 5.41) is 15.3. The van der Waals surface area contributed by atoms with Crippen molar-refractivity contribution in [1.29, 1.82) is 0 Å². The molecular formula is C26H31N3O6. The number of carbonyl (C=O) groups excluding carboxylic acids is 3. The summed E-state index contributed by atoms with van der Waals surface area (Å²) in [4.78, 5) is 50.5. The van der Waals surface area contributed by atoms with E-state index in [1.807, 2.05) is 0 Å². The van der Waals surface area contributed by atoms with Crippen LogP contribution in [-0.2, 0) is 16.1 Å². The Kier molecular flexibility index (Phi) is 7.91. The van der Waals surface area contributed by atoms with Gasteiger partial charge in [-0.1, -0.05) is 50.5 Å². The molecule has 9 heteroatoms. The molecule has 4 rings (SSSR count). The first-order valence-corrected chi connectivity index (χ1v) is 11.7. The number of hydrogen-bond donors (Lipinski definition) is 2. The zero-order valence-corrected chi connectivity index (χ0v) is 19.8. The lowest BCUT2D eigenvalue weighted by Gasteiger charge is -2.27. The second-order valence-corrected chi connectivity index (χ2v) is 8.94. The molecule has 1 saturated carbocycles. The van der Waals surface area contributed by atoms with Crippen molar-refractivity contribution in [3.05, 3.63) is 65.2 Å².